The van der Waals surface area contributed by atoms with Crippen molar-refractivity contribution in [2.75, 3.05) is 53.5 Å². The Morgan fingerprint density at radius 3 is 1.01 bits per heavy atom. The Balaban J connectivity index is 0. The van der Waals surface area contributed by atoms with E-state index in [1.54, 1.807) is 0 Å². The summed E-state index contributed by atoms with van der Waals surface area (Å²) in [6, 6.07) is 0. The Hall–Kier alpha value is -1.71. The lowest BCUT2D eigenvalue weighted by Gasteiger charge is -2.26. The number of nitrogens with zero attached hydrogens (tertiary/aromatic N) is 2. The Labute approximate surface area is 475 Å². The van der Waals surface area contributed by atoms with Gasteiger partial charge in [0.1, 0.15) is 0 Å². The number of ether oxygens (including phenoxy) is 1. The van der Waals surface area contributed by atoms with Gasteiger partial charge < -0.3 is 20.1 Å². The van der Waals surface area contributed by atoms with Crippen LogP contribution in [0.25, 0.3) is 0 Å². The highest BCUT2D eigenvalue weighted by Gasteiger charge is 2.12. The van der Waals surface area contributed by atoms with E-state index < -0.39 is 5.97 Å². The second kappa shape index (κ2) is 65.8. The predicted molar refractivity (Wildman–Crippen MR) is 331 cm³/mol. The lowest BCUT2D eigenvalue weighted by atomic mass is 10.0. The maximum atomic E-state index is 11.9. The zero-order chi connectivity index (χ0) is 55.9. The van der Waals surface area contributed by atoms with Crippen LogP contribution in [0.4, 0.5) is 0 Å². The molecule has 1 saturated heterocycles. The van der Waals surface area contributed by atoms with E-state index in [0.29, 0.717) is 19.3 Å². The first kappa shape index (κ1) is 76.4. The minimum absolute atomic E-state index is 0.167. The summed E-state index contributed by atoms with van der Waals surface area (Å²) in [7, 11) is 4.14. The number of carbonyl (C=O) groups excluding carboxylic acids is 2. The van der Waals surface area contributed by atoms with Gasteiger partial charge in [0.2, 0.25) is 11.8 Å². The maximum Gasteiger partial charge on any atom is 0.303 e. The van der Waals surface area contributed by atoms with Gasteiger partial charge in [-0.2, -0.15) is 0 Å². The lowest BCUT2D eigenvalue weighted by molar-refractivity contribution is -0.137. The minimum Gasteiger partial charge on any atom is -0.481 e. The van der Waals surface area contributed by atoms with Crippen molar-refractivity contribution in [2.24, 2.45) is 5.92 Å². The predicted octanol–water partition coefficient (Wildman–Crippen LogP) is 19.7. The summed E-state index contributed by atoms with van der Waals surface area (Å²) in [5, 5.41) is 13.5. The van der Waals surface area contributed by atoms with Crippen molar-refractivity contribution in [2.45, 2.75) is 355 Å². The van der Waals surface area contributed by atoms with Crippen molar-refractivity contribution >= 4 is 17.8 Å². The summed E-state index contributed by atoms with van der Waals surface area (Å²) in [4.78, 5) is 36.1. The Morgan fingerprint density at radius 2 is 0.711 bits per heavy atom. The average Bonchev–Trinajstić information content (AvgIpc) is 3.40. The van der Waals surface area contributed by atoms with Gasteiger partial charge in [-0.05, 0) is 52.2 Å². The number of hydrogen-bond acceptors (Lipinski definition) is 6. The molecule has 0 bridgehead atoms. The van der Waals surface area contributed by atoms with Crippen molar-refractivity contribution in [1.82, 2.24) is 20.7 Å². The summed E-state index contributed by atoms with van der Waals surface area (Å²) >= 11 is 0. The smallest absolute Gasteiger partial charge is 0.303 e. The molecule has 0 aromatic carbocycles. The number of rotatable bonds is 56. The zero-order valence-corrected chi connectivity index (χ0v) is 52.4. The molecule has 1 aliphatic heterocycles. The normalized spacial score (nSPS) is 12.6. The fourth-order valence-corrected chi connectivity index (χ4v) is 10.2. The molecular formula is C67H136N4O5. The van der Waals surface area contributed by atoms with Gasteiger partial charge >= 0.3 is 5.97 Å². The molecule has 0 radical (unpaired) electrons. The third-order valence-electron chi connectivity index (χ3n) is 15.3. The Kier molecular flexibility index (Phi) is 66.1. The topological polar surface area (TPSA) is 111 Å². The summed E-state index contributed by atoms with van der Waals surface area (Å²) in [6.07, 6.45) is 66.6. The number of carboxylic acid groups (broad SMARTS) is 1. The standard InChI is InChI=1S/C27H56N2O.C22H44N2O2.C18H36O2/c1-4-5-6-7-8-9-10-11-12-13-14-15-16-17-18-19-20-21-22-24-27(30)28-25-23-26-29(2)3;1-21(2)15-13-11-9-7-5-3-4-6-8-10-12-14-16-22(25)23-24-17-19-26-20-18-24;1-2-3-4-5-6-7-8-9-10-11-12-13-14-15-16-17-18(19)20/h4-26H2,1-3H3,(H,28,30);21H,3-20H2,1-2H3,(H,23,25);2-17H2,1H3,(H,19,20). The van der Waals surface area contributed by atoms with Gasteiger partial charge in [-0.3, -0.25) is 19.8 Å². The Morgan fingerprint density at radius 1 is 0.421 bits per heavy atom. The van der Waals surface area contributed by atoms with E-state index in [0.717, 1.165) is 77.4 Å². The number of nitrogens with one attached hydrogen (secondary N) is 2. The van der Waals surface area contributed by atoms with Gasteiger partial charge in [-0.1, -0.05) is 310 Å². The molecule has 1 aliphatic rings. The van der Waals surface area contributed by atoms with E-state index in [1.165, 1.54) is 276 Å². The molecule has 0 saturated carbocycles. The highest BCUT2D eigenvalue weighted by atomic mass is 16.5. The van der Waals surface area contributed by atoms with Crippen LogP contribution in [0.3, 0.4) is 0 Å². The zero-order valence-electron chi connectivity index (χ0n) is 52.4. The summed E-state index contributed by atoms with van der Waals surface area (Å²) < 4.78 is 5.28. The number of morpholine rings is 1. The van der Waals surface area contributed by atoms with Crippen LogP contribution < -0.4 is 10.7 Å². The third-order valence-corrected chi connectivity index (χ3v) is 15.3. The second-order valence-electron chi connectivity index (χ2n) is 24.0. The van der Waals surface area contributed by atoms with Crippen molar-refractivity contribution in [3.8, 4) is 0 Å². The van der Waals surface area contributed by atoms with Crippen LogP contribution >= 0.6 is 0 Å². The van der Waals surface area contributed by atoms with E-state index in [9.17, 15) is 14.4 Å². The number of hydrazine groups is 1. The molecule has 76 heavy (non-hydrogen) atoms. The van der Waals surface area contributed by atoms with E-state index in [-0.39, 0.29) is 11.8 Å². The van der Waals surface area contributed by atoms with Crippen LogP contribution in [0.5, 0.6) is 0 Å². The van der Waals surface area contributed by atoms with Crippen LogP contribution in [-0.2, 0) is 19.1 Å². The first-order valence-electron chi connectivity index (χ1n) is 33.9. The number of unbranched alkanes of at least 4 members (excludes halogenated alkanes) is 43. The van der Waals surface area contributed by atoms with Crippen LogP contribution in [0.2, 0.25) is 0 Å². The second-order valence-corrected chi connectivity index (χ2v) is 24.0. The minimum atomic E-state index is -0.653. The van der Waals surface area contributed by atoms with Gasteiger partial charge in [-0.25, -0.2) is 5.01 Å². The molecule has 0 aromatic rings. The first-order chi connectivity index (χ1) is 37.1. The van der Waals surface area contributed by atoms with Crippen LogP contribution in [0.15, 0.2) is 0 Å². The molecular weight excluding hydrogens is 941 g/mol. The third kappa shape index (κ3) is 70.3. The Bertz CT molecular complexity index is 1150. The molecule has 0 spiro atoms. The van der Waals surface area contributed by atoms with Gasteiger partial charge in [-0.15, -0.1) is 0 Å². The molecule has 1 heterocycles. The quantitative estimate of drug-likeness (QED) is 0.0520. The maximum absolute atomic E-state index is 11.9. The van der Waals surface area contributed by atoms with E-state index in [1.807, 2.05) is 5.01 Å². The highest BCUT2D eigenvalue weighted by molar-refractivity contribution is 5.75. The van der Waals surface area contributed by atoms with Crippen LogP contribution in [0, 0.1) is 5.92 Å². The molecule has 0 aliphatic carbocycles. The van der Waals surface area contributed by atoms with E-state index >= 15 is 0 Å². The van der Waals surface area contributed by atoms with Gasteiger partial charge in [0, 0.05) is 38.9 Å². The van der Waals surface area contributed by atoms with Crippen molar-refractivity contribution < 1.29 is 24.2 Å². The van der Waals surface area contributed by atoms with Crippen LogP contribution in [-0.4, -0.2) is 86.3 Å². The van der Waals surface area contributed by atoms with E-state index in [2.05, 4.69) is 57.4 Å². The molecule has 454 valence electrons. The molecule has 0 unspecified atom stereocenters. The van der Waals surface area contributed by atoms with Crippen molar-refractivity contribution in [1.29, 1.82) is 0 Å². The number of amides is 2. The molecule has 9 heteroatoms. The van der Waals surface area contributed by atoms with Crippen molar-refractivity contribution in [3.05, 3.63) is 0 Å². The van der Waals surface area contributed by atoms with Crippen molar-refractivity contribution in [3.63, 3.8) is 0 Å². The molecule has 1 fully saturated rings. The summed E-state index contributed by atoms with van der Waals surface area (Å²) in [6.45, 7) is 14.1. The molecule has 1 rings (SSSR count). The number of aliphatic carboxylic acids is 1. The largest absolute Gasteiger partial charge is 0.481 e. The number of carbonyl (C=O) groups is 3. The SMILES string of the molecule is CC(C)CCCCCCCCCCCCCCC(=O)NN1CCOCC1.CCCCCCCCCCCCCCCCCC(=O)O.CCCCCCCCCCCCCCCCCCCCCC(=O)NCCCN(C)C. The molecule has 2 amide bonds. The lowest BCUT2D eigenvalue weighted by Crippen LogP contribution is -2.48. The van der Waals surface area contributed by atoms with Gasteiger partial charge in [0.05, 0.1) is 13.2 Å². The summed E-state index contributed by atoms with van der Waals surface area (Å²) in [5.41, 5.74) is 2.98. The first-order valence-corrected chi connectivity index (χ1v) is 33.9. The average molecular weight is 1080 g/mol. The number of carboxylic acids is 1. The molecule has 9 nitrogen and oxygen atoms in total. The fourth-order valence-electron chi connectivity index (χ4n) is 10.2. The molecule has 0 atom stereocenters. The summed E-state index contributed by atoms with van der Waals surface area (Å²) in [5.74, 6) is 0.620. The van der Waals surface area contributed by atoms with Crippen LogP contribution in [0.1, 0.15) is 355 Å². The molecule has 0 aromatic heterocycles. The number of hydrogen-bond donors (Lipinski definition) is 3. The monoisotopic (exact) mass is 1080 g/mol. The van der Waals surface area contributed by atoms with Gasteiger partial charge in [0.15, 0.2) is 0 Å². The highest BCUT2D eigenvalue weighted by Crippen LogP contribution is 2.18. The van der Waals surface area contributed by atoms with E-state index in [4.69, 9.17) is 9.84 Å². The van der Waals surface area contributed by atoms with Gasteiger partial charge in [0.25, 0.3) is 0 Å². The molecule has 3 N–H and O–H groups in total. The fraction of sp³-hybridized carbons (Fsp3) is 0.955.